The van der Waals surface area contributed by atoms with Crippen molar-refractivity contribution in [3.63, 3.8) is 0 Å². The fourth-order valence-electron chi connectivity index (χ4n) is 4.66. The number of anilines is 2. The molecule has 180 valence electrons. The normalized spacial score (nSPS) is 12.8. The Hall–Kier alpha value is -3.57. The number of nitrogens with one attached hydrogen (secondary N) is 1. The van der Waals surface area contributed by atoms with E-state index in [9.17, 15) is 13.2 Å². The highest BCUT2D eigenvalue weighted by molar-refractivity contribution is 7.89. The van der Waals surface area contributed by atoms with E-state index in [1.807, 2.05) is 23.6 Å². The van der Waals surface area contributed by atoms with Crippen molar-refractivity contribution < 1.29 is 13.2 Å². The van der Waals surface area contributed by atoms with Crippen molar-refractivity contribution in [3.8, 4) is 21.7 Å². The Bertz CT molecular complexity index is 1760. The van der Waals surface area contributed by atoms with Gasteiger partial charge < -0.3 is 11.1 Å². The van der Waals surface area contributed by atoms with E-state index >= 15 is 0 Å². The Morgan fingerprint density at radius 1 is 1.00 bits per heavy atom. The summed E-state index contributed by atoms with van der Waals surface area (Å²) in [7, 11) is -3.82. The number of thiophene rings is 2. The zero-order chi connectivity index (χ0) is 25.0. The Kier molecular flexibility index (Phi) is 5.41. The lowest BCUT2D eigenvalue weighted by atomic mass is 9.85. The van der Waals surface area contributed by atoms with Gasteiger partial charge in [0.05, 0.1) is 16.3 Å². The first-order chi connectivity index (χ1) is 17.3. The van der Waals surface area contributed by atoms with Crippen LogP contribution in [0.4, 0.5) is 11.4 Å². The second-order valence-electron chi connectivity index (χ2n) is 8.50. The van der Waals surface area contributed by atoms with Crippen molar-refractivity contribution in [1.82, 2.24) is 4.98 Å². The molecular formula is C26H20N4O3S3. The molecule has 3 aromatic heterocycles. The molecule has 0 spiro atoms. The molecule has 0 saturated heterocycles. The molecule has 1 aliphatic carbocycles. The van der Waals surface area contributed by atoms with Crippen LogP contribution < -0.4 is 16.2 Å². The van der Waals surface area contributed by atoms with E-state index in [0.717, 1.165) is 45.5 Å². The predicted molar refractivity (Wildman–Crippen MR) is 146 cm³/mol. The van der Waals surface area contributed by atoms with Gasteiger partial charge in [0, 0.05) is 27.1 Å². The smallest absolute Gasteiger partial charge is 0.267 e. The largest absolute Gasteiger partial charge is 0.397 e. The van der Waals surface area contributed by atoms with Gasteiger partial charge in [0.2, 0.25) is 10.0 Å². The highest BCUT2D eigenvalue weighted by Gasteiger charge is 2.28. The van der Waals surface area contributed by atoms with Crippen molar-refractivity contribution in [1.29, 1.82) is 0 Å². The van der Waals surface area contributed by atoms with Crippen LogP contribution in [0.5, 0.6) is 0 Å². The number of pyridine rings is 1. The Morgan fingerprint density at radius 3 is 2.50 bits per heavy atom. The Balaban J connectivity index is 1.48. The molecule has 6 rings (SSSR count). The number of fused-ring (bicyclic) bond motifs is 4. The van der Waals surface area contributed by atoms with E-state index in [2.05, 4.69) is 23.5 Å². The molecule has 0 aliphatic heterocycles. The number of carbonyl (C=O) groups excluding carboxylic acids is 1. The third-order valence-corrected chi connectivity index (χ3v) is 9.22. The summed E-state index contributed by atoms with van der Waals surface area (Å²) in [5.41, 5.74) is 13.0. The van der Waals surface area contributed by atoms with Crippen LogP contribution in [0.25, 0.3) is 31.9 Å². The number of nitrogens with zero attached hydrogens (tertiary/aromatic N) is 1. The van der Waals surface area contributed by atoms with Crippen molar-refractivity contribution >= 4 is 60.2 Å². The molecule has 1 amide bonds. The Labute approximate surface area is 215 Å². The molecule has 3 heterocycles. The van der Waals surface area contributed by atoms with Gasteiger partial charge in [-0.25, -0.2) is 18.5 Å². The molecule has 36 heavy (non-hydrogen) atoms. The fraction of sp³-hybridized carbons (Fsp3) is 0.0769. The maximum Gasteiger partial charge on any atom is 0.267 e. The monoisotopic (exact) mass is 532 g/mol. The van der Waals surface area contributed by atoms with E-state index in [0.29, 0.717) is 21.1 Å². The zero-order valence-corrected chi connectivity index (χ0v) is 21.3. The van der Waals surface area contributed by atoms with Gasteiger partial charge in [-0.1, -0.05) is 30.3 Å². The lowest BCUT2D eigenvalue weighted by Crippen LogP contribution is -2.14. The van der Waals surface area contributed by atoms with Crippen molar-refractivity contribution in [2.24, 2.45) is 5.14 Å². The Morgan fingerprint density at radius 2 is 1.78 bits per heavy atom. The third-order valence-electron chi connectivity index (χ3n) is 6.31. The summed E-state index contributed by atoms with van der Waals surface area (Å²) in [6.07, 6.45) is 1.76. The molecule has 7 nitrogen and oxygen atoms in total. The van der Waals surface area contributed by atoms with Gasteiger partial charge in [0.25, 0.3) is 5.91 Å². The van der Waals surface area contributed by atoms with Gasteiger partial charge >= 0.3 is 0 Å². The average molecular weight is 533 g/mol. The first kappa shape index (κ1) is 22.9. The van der Waals surface area contributed by atoms with Gasteiger partial charge in [-0.15, -0.1) is 22.7 Å². The molecular weight excluding hydrogens is 513 g/mol. The molecule has 10 heteroatoms. The number of aromatic nitrogens is 1. The number of hydrogen-bond acceptors (Lipinski definition) is 7. The molecule has 2 aromatic carbocycles. The molecule has 5 N–H and O–H groups in total. The van der Waals surface area contributed by atoms with Crippen LogP contribution in [0.1, 0.15) is 20.8 Å². The molecule has 0 fully saturated rings. The van der Waals surface area contributed by atoms with E-state index < -0.39 is 10.0 Å². The summed E-state index contributed by atoms with van der Waals surface area (Å²) >= 11 is 2.90. The maximum atomic E-state index is 13.3. The van der Waals surface area contributed by atoms with Gasteiger partial charge in [-0.05, 0) is 59.7 Å². The number of primary sulfonamides is 1. The number of carbonyl (C=O) groups is 1. The van der Waals surface area contributed by atoms with Crippen molar-refractivity contribution in [3.05, 3.63) is 82.0 Å². The van der Waals surface area contributed by atoms with E-state index in [-0.39, 0.29) is 10.8 Å². The van der Waals surface area contributed by atoms with E-state index in [4.69, 9.17) is 15.9 Å². The second kappa shape index (κ2) is 8.52. The number of nitrogen functional groups attached to an aromatic ring is 1. The number of hydrogen-bond donors (Lipinski definition) is 3. The molecule has 5 aromatic rings. The van der Waals surface area contributed by atoms with Crippen LogP contribution in [0, 0.1) is 0 Å². The van der Waals surface area contributed by atoms with Crippen LogP contribution >= 0.6 is 22.7 Å². The minimum atomic E-state index is -3.82. The van der Waals surface area contributed by atoms with Crippen LogP contribution in [0.2, 0.25) is 0 Å². The van der Waals surface area contributed by atoms with Crippen LogP contribution in [-0.2, 0) is 22.9 Å². The van der Waals surface area contributed by atoms with Gasteiger partial charge in [0.1, 0.15) is 9.71 Å². The lowest BCUT2D eigenvalue weighted by Gasteiger charge is -2.22. The molecule has 0 unspecified atom stereocenters. The highest BCUT2D eigenvalue weighted by Crippen LogP contribution is 2.47. The first-order valence-electron chi connectivity index (χ1n) is 11.1. The maximum absolute atomic E-state index is 13.3. The number of nitrogens with two attached hydrogens (primary N) is 2. The standard InChI is InChI=1S/C26H20N4O3S3/c27-22-21-20(19-6-3-13-34-19)18-12-7-14-4-1-2-5-17(14)23(18)30-26(21)35-24(22)25(31)29-15-8-10-16(11-9-15)36(28,32)33/h1-6,8-11,13H,7,12,27H2,(H,29,31)(H2,28,32,33). The third kappa shape index (κ3) is 3.79. The molecule has 1 aliphatic rings. The summed E-state index contributed by atoms with van der Waals surface area (Å²) < 4.78 is 23.0. The summed E-state index contributed by atoms with van der Waals surface area (Å²) in [6, 6.07) is 18.1. The average Bonchev–Trinajstić information content (AvgIpc) is 3.51. The molecule has 0 saturated carbocycles. The van der Waals surface area contributed by atoms with Gasteiger partial charge in [-0.3, -0.25) is 4.79 Å². The van der Waals surface area contributed by atoms with Crippen LogP contribution in [-0.4, -0.2) is 19.3 Å². The van der Waals surface area contributed by atoms with Crippen LogP contribution in [0.3, 0.4) is 0 Å². The summed E-state index contributed by atoms with van der Waals surface area (Å²) in [6.45, 7) is 0. The van der Waals surface area contributed by atoms with E-state index in [1.54, 1.807) is 11.3 Å². The van der Waals surface area contributed by atoms with Crippen molar-refractivity contribution in [2.75, 3.05) is 11.1 Å². The SMILES string of the molecule is Nc1c(C(=O)Nc2ccc(S(N)(=O)=O)cc2)sc2nc3c(c(-c4cccs4)c12)CCc1ccccc1-3. The highest BCUT2D eigenvalue weighted by atomic mass is 32.2. The topological polar surface area (TPSA) is 128 Å². The van der Waals surface area contributed by atoms with Crippen molar-refractivity contribution in [2.45, 2.75) is 17.7 Å². The summed E-state index contributed by atoms with van der Waals surface area (Å²) in [4.78, 5) is 20.4. The number of sulfonamides is 1. The molecule has 0 bridgehead atoms. The van der Waals surface area contributed by atoms with Crippen LogP contribution in [0.15, 0.2) is 70.9 Å². The number of aryl methyl sites for hydroxylation is 1. The van der Waals surface area contributed by atoms with E-state index in [1.165, 1.54) is 41.2 Å². The van der Waals surface area contributed by atoms with Gasteiger partial charge in [-0.2, -0.15) is 0 Å². The van der Waals surface area contributed by atoms with Gasteiger partial charge in [0.15, 0.2) is 0 Å². The summed E-state index contributed by atoms with van der Waals surface area (Å²) in [5.74, 6) is -0.380. The molecule has 0 atom stereocenters. The summed E-state index contributed by atoms with van der Waals surface area (Å²) in [5, 5.41) is 10.8. The molecule has 0 radical (unpaired) electrons. The fourth-order valence-corrected chi connectivity index (χ4v) is 6.98. The first-order valence-corrected chi connectivity index (χ1v) is 14.4. The zero-order valence-electron chi connectivity index (χ0n) is 18.8. The number of benzene rings is 2. The minimum absolute atomic E-state index is 0.0301. The number of amides is 1. The number of rotatable bonds is 4. The predicted octanol–water partition coefficient (Wildman–Crippen LogP) is 5.27. The quantitative estimate of drug-likeness (QED) is 0.290. The lowest BCUT2D eigenvalue weighted by molar-refractivity contribution is 0.103. The second-order valence-corrected chi connectivity index (χ2v) is 12.0. The minimum Gasteiger partial charge on any atom is -0.397 e.